The summed E-state index contributed by atoms with van der Waals surface area (Å²) in [5.41, 5.74) is 2.87. The molecule has 4 rings (SSSR count). The molecular weight excluding hydrogens is 534 g/mol. The van der Waals surface area contributed by atoms with E-state index in [9.17, 15) is 21.6 Å². The van der Waals surface area contributed by atoms with Crippen molar-refractivity contribution in [3.8, 4) is 0 Å². The average molecular weight is 564 g/mol. The van der Waals surface area contributed by atoms with Crippen LogP contribution in [0.4, 0.5) is 17.1 Å². The van der Waals surface area contributed by atoms with Crippen molar-refractivity contribution in [2.45, 2.75) is 30.1 Å². The summed E-state index contributed by atoms with van der Waals surface area (Å²) < 4.78 is 56.3. The zero-order valence-electron chi connectivity index (χ0n) is 21.5. The topological polar surface area (TPSA) is 113 Å². The van der Waals surface area contributed by atoms with Crippen molar-refractivity contribution in [3.63, 3.8) is 0 Å². The molecule has 0 aliphatic heterocycles. The Bertz CT molecular complexity index is 1650. The van der Waals surface area contributed by atoms with Gasteiger partial charge in [0, 0.05) is 11.4 Å². The van der Waals surface area contributed by atoms with Crippen LogP contribution >= 0.6 is 0 Å². The quantitative estimate of drug-likeness (QED) is 0.276. The fraction of sp³-hybridized carbons (Fsp3) is 0.138. The highest BCUT2D eigenvalue weighted by atomic mass is 32.2. The second-order valence-electron chi connectivity index (χ2n) is 8.85. The van der Waals surface area contributed by atoms with Crippen LogP contribution in [0.25, 0.3) is 0 Å². The van der Waals surface area contributed by atoms with Crippen LogP contribution < -0.4 is 14.3 Å². The van der Waals surface area contributed by atoms with Crippen LogP contribution in [0.5, 0.6) is 0 Å². The Morgan fingerprint density at radius 2 is 1.31 bits per heavy atom. The monoisotopic (exact) mass is 563 g/mol. The van der Waals surface area contributed by atoms with E-state index in [-0.39, 0.29) is 9.79 Å². The molecule has 0 bridgehead atoms. The first-order chi connectivity index (χ1) is 18.6. The summed E-state index contributed by atoms with van der Waals surface area (Å²) in [4.78, 5) is 13.2. The lowest BCUT2D eigenvalue weighted by atomic mass is 10.1. The van der Waals surface area contributed by atoms with Gasteiger partial charge in [-0.05, 0) is 73.5 Å². The molecule has 0 saturated carbocycles. The Labute approximate surface area is 229 Å². The molecule has 4 aromatic carbocycles. The summed E-state index contributed by atoms with van der Waals surface area (Å²) in [6.07, 6.45) is 0.574. The molecule has 0 aliphatic carbocycles. The Balaban J connectivity index is 1.56. The van der Waals surface area contributed by atoms with Crippen LogP contribution in [0.1, 0.15) is 18.1 Å². The average Bonchev–Trinajstić information content (AvgIpc) is 2.92. The number of hydrogen-bond acceptors (Lipinski definition) is 5. The van der Waals surface area contributed by atoms with E-state index in [4.69, 9.17) is 0 Å². The summed E-state index contributed by atoms with van der Waals surface area (Å²) in [5.74, 6) is -0.574. The summed E-state index contributed by atoms with van der Waals surface area (Å²) in [7, 11) is -7.89. The zero-order chi connectivity index (χ0) is 28.0. The van der Waals surface area contributed by atoms with Crippen LogP contribution in [-0.2, 0) is 31.3 Å². The Morgan fingerprint density at radius 1 is 0.718 bits per heavy atom. The SMILES string of the molecule is CCc1ccccc1N(CC(=O)Nc1ccc(S(=O)(=O)Nc2ccccc2)cc1)S(=O)(=O)c1ccc(C)cc1. The van der Waals surface area contributed by atoms with E-state index in [1.54, 1.807) is 54.6 Å². The lowest BCUT2D eigenvalue weighted by Crippen LogP contribution is -2.38. The van der Waals surface area contributed by atoms with E-state index in [2.05, 4.69) is 10.0 Å². The second-order valence-corrected chi connectivity index (χ2v) is 12.4. The zero-order valence-corrected chi connectivity index (χ0v) is 23.2. The fourth-order valence-corrected chi connectivity index (χ4v) is 6.48. The molecule has 0 atom stereocenters. The second kappa shape index (κ2) is 11.7. The van der Waals surface area contributed by atoms with Crippen LogP contribution in [0.15, 0.2) is 113 Å². The van der Waals surface area contributed by atoms with Crippen LogP contribution in [0, 0.1) is 6.92 Å². The molecule has 0 saturated heterocycles. The molecule has 0 radical (unpaired) electrons. The molecule has 0 spiro atoms. The number of rotatable bonds is 10. The minimum Gasteiger partial charge on any atom is -0.325 e. The highest BCUT2D eigenvalue weighted by Gasteiger charge is 2.28. The number of carbonyl (C=O) groups excluding carboxylic acids is 1. The Kier molecular flexibility index (Phi) is 8.37. The van der Waals surface area contributed by atoms with Gasteiger partial charge in [0.25, 0.3) is 20.0 Å². The number of nitrogens with zero attached hydrogens (tertiary/aromatic N) is 1. The van der Waals surface area contributed by atoms with Crippen molar-refractivity contribution in [3.05, 3.63) is 114 Å². The molecule has 2 N–H and O–H groups in total. The number of sulfonamides is 2. The fourth-order valence-electron chi connectivity index (χ4n) is 3.96. The first-order valence-electron chi connectivity index (χ1n) is 12.3. The van der Waals surface area contributed by atoms with Gasteiger partial charge in [0.15, 0.2) is 0 Å². The summed E-state index contributed by atoms with van der Waals surface area (Å²) in [6.45, 7) is 3.31. The highest BCUT2D eigenvalue weighted by Crippen LogP contribution is 2.28. The number of para-hydroxylation sites is 2. The predicted octanol–water partition coefficient (Wildman–Crippen LogP) is 5.19. The van der Waals surface area contributed by atoms with Gasteiger partial charge in [0.2, 0.25) is 5.91 Å². The maximum absolute atomic E-state index is 13.7. The van der Waals surface area contributed by atoms with E-state index in [0.29, 0.717) is 23.5 Å². The Hall–Kier alpha value is -4.15. The van der Waals surface area contributed by atoms with Crippen LogP contribution in [-0.4, -0.2) is 29.3 Å². The normalized spacial score (nSPS) is 11.5. The number of benzene rings is 4. The third-order valence-corrected chi connectivity index (χ3v) is 9.18. The molecule has 0 aliphatic rings. The van der Waals surface area contributed by atoms with Gasteiger partial charge in [-0.3, -0.25) is 13.8 Å². The highest BCUT2D eigenvalue weighted by molar-refractivity contribution is 7.93. The summed E-state index contributed by atoms with van der Waals surface area (Å²) >= 11 is 0. The van der Waals surface area contributed by atoms with Crippen molar-refractivity contribution in [2.24, 2.45) is 0 Å². The lowest BCUT2D eigenvalue weighted by molar-refractivity contribution is -0.114. The molecule has 8 nitrogen and oxygen atoms in total. The lowest BCUT2D eigenvalue weighted by Gasteiger charge is -2.26. The van der Waals surface area contributed by atoms with E-state index >= 15 is 0 Å². The summed E-state index contributed by atoms with van der Waals surface area (Å²) in [5, 5.41) is 2.68. The molecule has 4 aromatic rings. The number of amides is 1. The van der Waals surface area contributed by atoms with Gasteiger partial charge < -0.3 is 5.32 Å². The maximum atomic E-state index is 13.7. The Morgan fingerprint density at radius 3 is 1.95 bits per heavy atom. The number of aryl methyl sites for hydroxylation is 2. The molecule has 202 valence electrons. The van der Waals surface area contributed by atoms with Gasteiger partial charge in [0.1, 0.15) is 6.54 Å². The van der Waals surface area contributed by atoms with Crippen molar-refractivity contribution < 1.29 is 21.6 Å². The predicted molar refractivity (Wildman–Crippen MR) is 154 cm³/mol. The van der Waals surface area contributed by atoms with Crippen molar-refractivity contribution in [1.82, 2.24) is 0 Å². The minimum atomic E-state index is -4.06. The minimum absolute atomic E-state index is 0.0183. The van der Waals surface area contributed by atoms with Gasteiger partial charge in [-0.2, -0.15) is 0 Å². The largest absolute Gasteiger partial charge is 0.325 e. The number of nitrogens with one attached hydrogen (secondary N) is 2. The molecule has 39 heavy (non-hydrogen) atoms. The molecule has 0 aromatic heterocycles. The summed E-state index contributed by atoms with van der Waals surface area (Å²) in [6, 6.07) is 27.7. The molecular formula is C29H29N3O5S2. The third-order valence-electron chi connectivity index (χ3n) is 6.01. The smallest absolute Gasteiger partial charge is 0.264 e. The van der Waals surface area contributed by atoms with Gasteiger partial charge in [-0.15, -0.1) is 0 Å². The van der Waals surface area contributed by atoms with Crippen molar-refractivity contribution in [2.75, 3.05) is 20.9 Å². The van der Waals surface area contributed by atoms with Gasteiger partial charge in [0.05, 0.1) is 15.5 Å². The molecule has 0 fully saturated rings. The maximum Gasteiger partial charge on any atom is 0.264 e. The van der Waals surface area contributed by atoms with Crippen molar-refractivity contribution >= 4 is 43.0 Å². The van der Waals surface area contributed by atoms with E-state index in [1.807, 2.05) is 26.0 Å². The van der Waals surface area contributed by atoms with E-state index < -0.39 is 32.5 Å². The van der Waals surface area contributed by atoms with Crippen LogP contribution in [0.2, 0.25) is 0 Å². The van der Waals surface area contributed by atoms with E-state index in [1.165, 1.54) is 36.4 Å². The van der Waals surface area contributed by atoms with Crippen molar-refractivity contribution in [1.29, 1.82) is 0 Å². The molecule has 0 unspecified atom stereocenters. The number of hydrogen-bond donors (Lipinski definition) is 2. The third kappa shape index (κ3) is 6.65. The molecule has 10 heteroatoms. The van der Waals surface area contributed by atoms with Crippen LogP contribution in [0.3, 0.4) is 0 Å². The molecule has 0 heterocycles. The van der Waals surface area contributed by atoms with Gasteiger partial charge in [-0.25, -0.2) is 16.8 Å². The standard InChI is InChI=1S/C29H29N3O5S2/c1-3-23-9-7-8-12-28(23)32(39(36,37)27-17-13-22(2)14-18-27)21-29(33)30-24-15-19-26(20-16-24)38(34,35)31-25-10-5-4-6-11-25/h4-20,31H,3,21H2,1-2H3,(H,30,33). The van der Waals surface area contributed by atoms with E-state index in [0.717, 1.165) is 15.4 Å². The first-order valence-corrected chi connectivity index (χ1v) is 15.2. The van der Waals surface area contributed by atoms with Gasteiger partial charge >= 0.3 is 0 Å². The number of carbonyl (C=O) groups is 1. The molecule has 1 amide bonds. The first kappa shape index (κ1) is 27.9. The van der Waals surface area contributed by atoms with Gasteiger partial charge in [-0.1, -0.05) is 61.0 Å². The number of anilines is 3.